The van der Waals surface area contributed by atoms with Gasteiger partial charge in [-0.2, -0.15) is 0 Å². The SMILES string of the molecule is Cc1ccc2nc(C)c(C(=O)N3CCN(C(C)C(=O)N4CCCCC4)CC3)cc2c1. The van der Waals surface area contributed by atoms with E-state index in [-0.39, 0.29) is 17.9 Å². The van der Waals surface area contributed by atoms with Crippen molar-refractivity contribution in [3.8, 4) is 0 Å². The van der Waals surface area contributed by atoms with Gasteiger partial charge in [-0.05, 0) is 58.2 Å². The van der Waals surface area contributed by atoms with Gasteiger partial charge in [0.25, 0.3) is 5.91 Å². The highest BCUT2D eigenvalue weighted by Crippen LogP contribution is 2.21. The van der Waals surface area contributed by atoms with E-state index in [4.69, 9.17) is 0 Å². The van der Waals surface area contributed by atoms with Gasteiger partial charge in [0.15, 0.2) is 0 Å². The maximum Gasteiger partial charge on any atom is 0.255 e. The molecular formula is C24H32N4O2. The number of rotatable bonds is 3. The molecule has 2 aliphatic heterocycles. The number of piperazine rings is 1. The molecule has 6 heteroatoms. The summed E-state index contributed by atoms with van der Waals surface area (Å²) in [5.41, 5.74) is 3.53. The van der Waals surface area contributed by atoms with Gasteiger partial charge in [0, 0.05) is 44.7 Å². The molecule has 2 aliphatic rings. The first-order valence-corrected chi connectivity index (χ1v) is 11.1. The van der Waals surface area contributed by atoms with Gasteiger partial charge in [0.05, 0.1) is 22.8 Å². The number of carbonyl (C=O) groups is 2. The number of carbonyl (C=O) groups excluding carboxylic acids is 2. The van der Waals surface area contributed by atoms with Crippen LogP contribution in [-0.4, -0.2) is 76.8 Å². The monoisotopic (exact) mass is 408 g/mol. The van der Waals surface area contributed by atoms with Crippen LogP contribution in [0.3, 0.4) is 0 Å². The summed E-state index contributed by atoms with van der Waals surface area (Å²) in [6, 6.07) is 7.98. The van der Waals surface area contributed by atoms with Crippen LogP contribution < -0.4 is 0 Å². The van der Waals surface area contributed by atoms with Crippen LogP contribution in [0.2, 0.25) is 0 Å². The number of benzene rings is 1. The number of aryl methyl sites for hydroxylation is 2. The molecule has 0 bridgehead atoms. The Kier molecular flexibility index (Phi) is 6.04. The number of likely N-dealkylation sites (tertiary alicyclic amines) is 1. The van der Waals surface area contributed by atoms with Crippen molar-refractivity contribution in [2.75, 3.05) is 39.3 Å². The number of aromatic nitrogens is 1. The van der Waals surface area contributed by atoms with E-state index in [1.165, 1.54) is 6.42 Å². The lowest BCUT2D eigenvalue weighted by molar-refractivity contribution is -0.137. The van der Waals surface area contributed by atoms with Crippen molar-refractivity contribution < 1.29 is 9.59 Å². The van der Waals surface area contributed by atoms with E-state index in [0.29, 0.717) is 18.7 Å². The Hall–Kier alpha value is -2.47. The van der Waals surface area contributed by atoms with Crippen LogP contribution in [0.25, 0.3) is 10.9 Å². The number of amides is 2. The fourth-order valence-electron chi connectivity index (χ4n) is 4.63. The Balaban J connectivity index is 1.41. The molecule has 4 rings (SSSR count). The Morgan fingerprint density at radius 2 is 1.60 bits per heavy atom. The molecule has 0 N–H and O–H groups in total. The maximum absolute atomic E-state index is 13.2. The van der Waals surface area contributed by atoms with E-state index in [1.54, 1.807) is 0 Å². The lowest BCUT2D eigenvalue weighted by Crippen LogP contribution is -2.56. The fourth-order valence-corrected chi connectivity index (χ4v) is 4.63. The van der Waals surface area contributed by atoms with Crippen molar-refractivity contribution in [2.45, 2.75) is 46.1 Å². The summed E-state index contributed by atoms with van der Waals surface area (Å²) in [6.45, 7) is 10.5. The van der Waals surface area contributed by atoms with Gasteiger partial charge in [0.2, 0.25) is 5.91 Å². The molecule has 0 spiro atoms. The lowest BCUT2D eigenvalue weighted by Gasteiger charge is -2.39. The zero-order valence-electron chi connectivity index (χ0n) is 18.4. The average Bonchev–Trinajstić information content (AvgIpc) is 2.78. The first kappa shape index (κ1) is 20.8. The third-order valence-electron chi connectivity index (χ3n) is 6.57. The third kappa shape index (κ3) is 4.19. The molecule has 1 aromatic carbocycles. The molecule has 0 saturated carbocycles. The molecule has 30 heavy (non-hydrogen) atoms. The predicted molar refractivity (Wildman–Crippen MR) is 119 cm³/mol. The number of nitrogens with zero attached hydrogens (tertiary/aromatic N) is 4. The van der Waals surface area contributed by atoms with Gasteiger partial charge in [0.1, 0.15) is 0 Å². The van der Waals surface area contributed by atoms with E-state index in [1.807, 2.05) is 48.8 Å². The second-order valence-electron chi connectivity index (χ2n) is 8.71. The molecule has 3 heterocycles. The van der Waals surface area contributed by atoms with Gasteiger partial charge >= 0.3 is 0 Å². The molecule has 2 amide bonds. The van der Waals surface area contributed by atoms with Crippen molar-refractivity contribution in [3.63, 3.8) is 0 Å². The smallest absolute Gasteiger partial charge is 0.255 e. The average molecular weight is 409 g/mol. The van der Waals surface area contributed by atoms with E-state index in [0.717, 1.165) is 61.2 Å². The van der Waals surface area contributed by atoms with E-state index < -0.39 is 0 Å². The molecular weight excluding hydrogens is 376 g/mol. The lowest BCUT2D eigenvalue weighted by atomic mass is 10.1. The summed E-state index contributed by atoms with van der Waals surface area (Å²) >= 11 is 0. The van der Waals surface area contributed by atoms with Crippen LogP contribution in [0.15, 0.2) is 24.3 Å². The molecule has 160 valence electrons. The van der Waals surface area contributed by atoms with Crippen molar-refractivity contribution in [1.29, 1.82) is 0 Å². The van der Waals surface area contributed by atoms with Crippen LogP contribution in [0.1, 0.15) is 47.8 Å². The van der Waals surface area contributed by atoms with Crippen molar-refractivity contribution >= 4 is 22.7 Å². The first-order chi connectivity index (χ1) is 14.4. The van der Waals surface area contributed by atoms with Gasteiger partial charge in [-0.25, -0.2) is 0 Å². The normalized spacial score (nSPS) is 19.2. The topological polar surface area (TPSA) is 56.8 Å². The Morgan fingerprint density at radius 1 is 0.900 bits per heavy atom. The highest BCUT2D eigenvalue weighted by Gasteiger charge is 2.31. The Labute approximate surface area is 178 Å². The summed E-state index contributed by atoms with van der Waals surface area (Å²) in [4.78, 5) is 36.8. The highest BCUT2D eigenvalue weighted by atomic mass is 16.2. The first-order valence-electron chi connectivity index (χ1n) is 11.1. The minimum Gasteiger partial charge on any atom is -0.341 e. The third-order valence-corrected chi connectivity index (χ3v) is 6.57. The molecule has 1 aromatic heterocycles. The quantitative estimate of drug-likeness (QED) is 0.783. The van der Waals surface area contributed by atoms with Crippen LogP contribution >= 0.6 is 0 Å². The minimum atomic E-state index is -0.118. The van der Waals surface area contributed by atoms with Gasteiger partial charge in [-0.15, -0.1) is 0 Å². The summed E-state index contributed by atoms with van der Waals surface area (Å²) < 4.78 is 0. The summed E-state index contributed by atoms with van der Waals surface area (Å²) in [6.07, 6.45) is 3.44. The number of pyridine rings is 1. The molecule has 0 aliphatic carbocycles. The number of piperidine rings is 1. The fraction of sp³-hybridized carbons (Fsp3) is 0.542. The molecule has 2 saturated heterocycles. The minimum absolute atomic E-state index is 0.0399. The largest absolute Gasteiger partial charge is 0.341 e. The molecule has 6 nitrogen and oxygen atoms in total. The van der Waals surface area contributed by atoms with E-state index >= 15 is 0 Å². The number of hydrogen-bond donors (Lipinski definition) is 0. The van der Waals surface area contributed by atoms with Crippen LogP contribution in [-0.2, 0) is 4.79 Å². The van der Waals surface area contributed by atoms with Gasteiger partial charge < -0.3 is 9.80 Å². The van der Waals surface area contributed by atoms with Crippen LogP contribution in [0, 0.1) is 13.8 Å². The van der Waals surface area contributed by atoms with Crippen LogP contribution in [0.4, 0.5) is 0 Å². The van der Waals surface area contributed by atoms with Gasteiger partial charge in [-0.1, -0.05) is 11.6 Å². The van der Waals surface area contributed by atoms with Crippen molar-refractivity contribution in [3.05, 3.63) is 41.1 Å². The zero-order valence-corrected chi connectivity index (χ0v) is 18.4. The predicted octanol–water partition coefficient (Wildman–Crippen LogP) is 3.01. The summed E-state index contributed by atoms with van der Waals surface area (Å²) in [5, 5.41) is 1.00. The second kappa shape index (κ2) is 8.72. The number of hydrogen-bond acceptors (Lipinski definition) is 4. The van der Waals surface area contributed by atoms with E-state index in [9.17, 15) is 9.59 Å². The highest BCUT2D eigenvalue weighted by molar-refractivity contribution is 5.98. The standard InChI is InChI=1S/C24H32N4O2/c1-17-7-8-22-20(15-17)16-21(18(2)25-22)24(30)28-13-11-26(12-14-28)19(3)23(29)27-9-5-4-6-10-27/h7-8,15-16,19H,4-6,9-14H2,1-3H3. The molecule has 1 atom stereocenters. The maximum atomic E-state index is 13.2. The Morgan fingerprint density at radius 3 is 2.30 bits per heavy atom. The summed E-state index contributed by atoms with van der Waals surface area (Å²) in [7, 11) is 0. The van der Waals surface area contributed by atoms with E-state index in [2.05, 4.69) is 16.0 Å². The van der Waals surface area contributed by atoms with Crippen LogP contribution in [0.5, 0.6) is 0 Å². The Bertz CT molecular complexity index is 944. The van der Waals surface area contributed by atoms with Crippen molar-refractivity contribution in [1.82, 2.24) is 19.7 Å². The molecule has 2 aromatic rings. The van der Waals surface area contributed by atoms with Gasteiger partial charge in [-0.3, -0.25) is 19.5 Å². The summed E-state index contributed by atoms with van der Waals surface area (Å²) in [5.74, 6) is 0.275. The zero-order chi connectivity index (χ0) is 21.3. The second-order valence-corrected chi connectivity index (χ2v) is 8.71. The van der Waals surface area contributed by atoms with Crippen molar-refractivity contribution in [2.24, 2.45) is 0 Å². The molecule has 0 radical (unpaired) electrons. The molecule has 2 fully saturated rings. The number of fused-ring (bicyclic) bond motifs is 1. The molecule has 1 unspecified atom stereocenters.